The van der Waals surface area contributed by atoms with Gasteiger partial charge in [0.25, 0.3) is 10.0 Å². The zero-order valence-corrected chi connectivity index (χ0v) is 19.6. The first kappa shape index (κ1) is 23.9. The Bertz CT molecular complexity index is 1170. The number of halogens is 2. The number of benzene rings is 3. The van der Waals surface area contributed by atoms with Crippen LogP contribution in [0, 0.1) is 0 Å². The summed E-state index contributed by atoms with van der Waals surface area (Å²) < 4.78 is 32.4. The highest BCUT2D eigenvalue weighted by atomic mass is 35.5. The fourth-order valence-corrected chi connectivity index (χ4v) is 4.53. The molecule has 0 aromatic heterocycles. The van der Waals surface area contributed by atoms with E-state index in [1.807, 2.05) is 6.07 Å². The van der Waals surface area contributed by atoms with Gasteiger partial charge in [-0.2, -0.15) is 0 Å². The summed E-state index contributed by atoms with van der Waals surface area (Å²) in [5.74, 6) is 0.307. The summed E-state index contributed by atoms with van der Waals surface area (Å²) in [4.78, 5) is 12.3. The van der Waals surface area contributed by atoms with Crippen LogP contribution < -0.4 is 14.4 Å². The number of hydrogen-bond acceptors (Lipinski definition) is 4. The molecule has 9 heteroatoms. The second kappa shape index (κ2) is 10.7. The van der Waals surface area contributed by atoms with E-state index in [0.717, 1.165) is 0 Å². The van der Waals surface area contributed by atoms with E-state index in [0.29, 0.717) is 40.2 Å². The normalized spacial score (nSPS) is 11.1. The second-order valence-electron chi connectivity index (χ2n) is 6.91. The van der Waals surface area contributed by atoms with Crippen LogP contribution in [0.1, 0.15) is 12.8 Å². The molecular weight excluding hydrogens is 471 g/mol. The molecule has 0 unspecified atom stereocenters. The number of sulfonamides is 1. The average Bonchev–Trinajstić information content (AvgIpc) is 2.78. The van der Waals surface area contributed by atoms with Gasteiger partial charge in [-0.15, -0.1) is 0 Å². The number of para-hydroxylation sites is 1. The van der Waals surface area contributed by atoms with E-state index in [9.17, 15) is 13.2 Å². The highest BCUT2D eigenvalue weighted by molar-refractivity contribution is 7.92. The van der Waals surface area contributed by atoms with Gasteiger partial charge in [0.05, 0.1) is 22.2 Å². The van der Waals surface area contributed by atoms with Gasteiger partial charge in [0.15, 0.2) is 0 Å². The SMILES string of the molecule is CN(c1ccccc1)S(=O)(=O)c1ccc(NC(=O)CCCOc2ccc(Cl)cc2Cl)cc1. The number of nitrogens with zero attached hydrogens (tertiary/aromatic N) is 1. The zero-order chi connectivity index (χ0) is 23.1. The van der Waals surface area contributed by atoms with E-state index >= 15 is 0 Å². The highest BCUT2D eigenvalue weighted by Gasteiger charge is 2.21. The van der Waals surface area contributed by atoms with Crippen molar-refractivity contribution in [3.05, 3.63) is 82.8 Å². The molecule has 0 bridgehead atoms. The first-order valence-electron chi connectivity index (χ1n) is 9.79. The molecule has 0 aliphatic carbocycles. The van der Waals surface area contributed by atoms with Crippen molar-refractivity contribution < 1.29 is 17.9 Å². The van der Waals surface area contributed by atoms with Crippen molar-refractivity contribution in [2.75, 3.05) is 23.3 Å². The summed E-state index contributed by atoms with van der Waals surface area (Å²) in [7, 11) is -2.20. The van der Waals surface area contributed by atoms with E-state index in [1.165, 1.54) is 23.5 Å². The van der Waals surface area contributed by atoms with Gasteiger partial charge in [-0.05, 0) is 61.0 Å². The molecule has 32 heavy (non-hydrogen) atoms. The molecule has 1 amide bonds. The van der Waals surface area contributed by atoms with Crippen molar-refractivity contribution in [3.63, 3.8) is 0 Å². The van der Waals surface area contributed by atoms with Crippen molar-refractivity contribution in [2.24, 2.45) is 0 Å². The van der Waals surface area contributed by atoms with Gasteiger partial charge in [-0.25, -0.2) is 8.42 Å². The number of hydrogen-bond donors (Lipinski definition) is 1. The molecule has 0 fully saturated rings. The van der Waals surface area contributed by atoms with Crippen LogP contribution in [0.25, 0.3) is 0 Å². The number of carbonyl (C=O) groups is 1. The third-order valence-electron chi connectivity index (χ3n) is 4.62. The van der Waals surface area contributed by atoms with Gasteiger partial charge in [0.2, 0.25) is 5.91 Å². The molecule has 3 aromatic carbocycles. The Balaban J connectivity index is 1.51. The van der Waals surface area contributed by atoms with Crippen LogP contribution in [0.4, 0.5) is 11.4 Å². The quantitative estimate of drug-likeness (QED) is 0.393. The van der Waals surface area contributed by atoms with Crippen LogP contribution in [0.2, 0.25) is 10.0 Å². The second-order valence-corrected chi connectivity index (χ2v) is 9.72. The summed E-state index contributed by atoms with van der Waals surface area (Å²) >= 11 is 11.9. The molecule has 0 aliphatic rings. The van der Waals surface area contributed by atoms with E-state index < -0.39 is 10.0 Å². The molecule has 168 valence electrons. The Morgan fingerprint density at radius 2 is 1.69 bits per heavy atom. The molecule has 1 N–H and O–H groups in total. The number of rotatable bonds is 9. The molecule has 0 atom stereocenters. The number of amides is 1. The predicted octanol–water partition coefficient (Wildman–Crippen LogP) is 5.62. The van der Waals surface area contributed by atoms with Crippen molar-refractivity contribution in [2.45, 2.75) is 17.7 Å². The summed E-state index contributed by atoms with van der Waals surface area (Å²) in [5.41, 5.74) is 1.07. The molecule has 0 saturated heterocycles. The first-order chi connectivity index (χ1) is 15.3. The van der Waals surface area contributed by atoms with E-state index in [2.05, 4.69) is 5.32 Å². The molecule has 0 aliphatic heterocycles. The molecule has 3 rings (SSSR count). The fraction of sp³-hybridized carbons (Fsp3) is 0.174. The van der Waals surface area contributed by atoms with Gasteiger partial charge in [0.1, 0.15) is 5.75 Å². The Kier molecular flexibility index (Phi) is 8.01. The van der Waals surface area contributed by atoms with Crippen LogP contribution in [-0.4, -0.2) is 28.0 Å². The van der Waals surface area contributed by atoms with Gasteiger partial charge in [-0.1, -0.05) is 41.4 Å². The molecule has 6 nitrogen and oxygen atoms in total. The summed E-state index contributed by atoms with van der Waals surface area (Å²) in [6, 6.07) is 19.8. The van der Waals surface area contributed by atoms with Crippen LogP contribution in [0.15, 0.2) is 77.7 Å². The lowest BCUT2D eigenvalue weighted by Crippen LogP contribution is -2.26. The third kappa shape index (κ3) is 6.16. The van der Waals surface area contributed by atoms with Crippen LogP contribution in [0.5, 0.6) is 5.75 Å². The largest absolute Gasteiger partial charge is 0.492 e. The minimum atomic E-state index is -3.70. The average molecular weight is 493 g/mol. The Labute approximate surface area is 197 Å². The Hall–Kier alpha value is -2.74. The van der Waals surface area contributed by atoms with E-state index in [-0.39, 0.29) is 17.2 Å². The van der Waals surface area contributed by atoms with Crippen molar-refractivity contribution >= 4 is 50.5 Å². The predicted molar refractivity (Wildman–Crippen MR) is 128 cm³/mol. The number of carbonyl (C=O) groups excluding carboxylic acids is 1. The smallest absolute Gasteiger partial charge is 0.264 e. The Morgan fingerprint density at radius 1 is 1.00 bits per heavy atom. The topological polar surface area (TPSA) is 75.7 Å². The number of anilines is 2. The maximum absolute atomic E-state index is 12.8. The summed E-state index contributed by atoms with van der Waals surface area (Å²) in [5, 5.41) is 3.69. The molecule has 3 aromatic rings. The van der Waals surface area contributed by atoms with E-state index in [1.54, 1.807) is 54.6 Å². The van der Waals surface area contributed by atoms with E-state index in [4.69, 9.17) is 27.9 Å². The summed E-state index contributed by atoms with van der Waals surface area (Å²) in [6.45, 7) is 0.317. The van der Waals surface area contributed by atoms with Crippen molar-refractivity contribution in [3.8, 4) is 5.75 Å². The first-order valence-corrected chi connectivity index (χ1v) is 12.0. The maximum Gasteiger partial charge on any atom is 0.264 e. The van der Waals surface area contributed by atoms with Gasteiger partial charge >= 0.3 is 0 Å². The lowest BCUT2D eigenvalue weighted by molar-refractivity contribution is -0.116. The maximum atomic E-state index is 12.8. The summed E-state index contributed by atoms with van der Waals surface area (Å²) in [6.07, 6.45) is 0.723. The fourth-order valence-electron chi connectivity index (χ4n) is 2.88. The highest BCUT2D eigenvalue weighted by Crippen LogP contribution is 2.27. The van der Waals surface area contributed by atoms with Gasteiger partial charge < -0.3 is 10.1 Å². The van der Waals surface area contributed by atoms with Crippen LogP contribution in [-0.2, 0) is 14.8 Å². The Morgan fingerprint density at radius 3 is 2.34 bits per heavy atom. The molecular formula is C23H22Cl2N2O4S. The minimum absolute atomic E-state index is 0.134. The van der Waals surface area contributed by atoms with Crippen LogP contribution >= 0.6 is 23.2 Å². The van der Waals surface area contributed by atoms with Gasteiger partial charge in [-0.3, -0.25) is 9.10 Å². The zero-order valence-electron chi connectivity index (χ0n) is 17.3. The monoisotopic (exact) mass is 492 g/mol. The van der Waals surface area contributed by atoms with Gasteiger partial charge in [0, 0.05) is 24.2 Å². The number of ether oxygens (including phenoxy) is 1. The van der Waals surface area contributed by atoms with Crippen LogP contribution in [0.3, 0.4) is 0 Å². The lowest BCUT2D eigenvalue weighted by atomic mass is 10.2. The van der Waals surface area contributed by atoms with Crippen molar-refractivity contribution in [1.29, 1.82) is 0 Å². The molecule has 0 saturated carbocycles. The molecule has 0 radical (unpaired) electrons. The molecule has 0 heterocycles. The van der Waals surface area contributed by atoms with Crippen molar-refractivity contribution in [1.82, 2.24) is 0 Å². The standard InChI is InChI=1S/C23H22Cl2N2O4S/c1-27(19-6-3-2-4-7-19)32(29,30)20-12-10-18(11-13-20)26-23(28)8-5-15-31-22-14-9-17(24)16-21(22)25/h2-4,6-7,9-14,16H,5,8,15H2,1H3,(H,26,28). The third-order valence-corrected chi connectivity index (χ3v) is 6.95. The minimum Gasteiger partial charge on any atom is -0.492 e. The lowest BCUT2D eigenvalue weighted by Gasteiger charge is -2.19. The molecule has 0 spiro atoms. The number of nitrogens with one attached hydrogen (secondary N) is 1.